The number of nitrogens with two attached hydrogens (primary N) is 1. The normalized spacial score (nSPS) is 11.4. The Balaban J connectivity index is 2.24. The summed E-state index contributed by atoms with van der Waals surface area (Å²) >= 11 is 3.34. The number of sulfonamides is 1. The molecule has 1 aromatic carbocycles. The minimum Gasteiger partial charge on any atom is -0.326 e. The third kappa shape index (κ3) is 3.22. The lowest BCUT2D eigenvalue weighted by molar-refractivity contribution is 0.603. The zero-order chi connectivity index (χ0) is 13.2. The third-order valence-corrected chi connectivity index (χ3v) is 5.82. The Hall–Kier alpha value is -0.640. The van der Waals surface area contributed by atoms with Crippen molar-refractivity contribution in [3.05, 3.63) is 44.8 Å². The van der Waals surface area contributed by atoms with Gasteiger partial charge >= 0.3 is 0 Å². The highest BCUT2D eigenvalue weighted by Gasteiger charge is 2.16. The maximum atomic E-state index is 12.1. The van der Waals surface area contributed by atoms with Gasteiger partial charge < -0.3 is 5.73 Å². The molecular weight excluding hydrogens is 383 g/mol. The molecule has 0 aliphatic heterocycles. The lowest BCUT2D eigenvalue weighted by Gasteiger charge is -2.05. The maximum Gasteiger partial charge on any atom is 0.271 e. The lowest BCUT2D eigenvalue weighted by atomic mass is 10.3. The minimum absolute atomic E-state index is 0.279. The zero-order valence-corrected chi connectivity index (χ0v) is 13.1. The van der Waals surface area contributed by atoms with E-state index in [0.717, 1.165) is 9.13 Å². The van der Waals surface area contributed by atoms with Crippen molar-refractivity contribution in [2.75, 3.05) is 4.72 Å². The summed E-state index contributed by atoms with van der Waals surface area (Å²) in [5.74, 6) is 0. The molecule has 0 spiro atoms. The van der Waals surface area contributed by atoms with Crippen LogP contribution in [0.1, 0.15) is 5.56 Å². The van der Waals surface area contributed by atoms with Crippen LogP contribution in [0.4, 0.5) is 5.69 Å². The predicted molar refractivity (Wildman–Crippen MR) is 82.2 cm³/mol. The van der Waals surface area contributed by atoms with Crippen molar-refractivity contribution in [3.63, 3.8) is 0 Å². The van der Waals surface area contributed by atoms with Crippen LogP contribution in [0.3, 0.4) is 0 Å². The van der Waals surface area contributed by atoms with Crippen molar-refractivity contribution in [3.8, 4) is 0 Å². The Bertz CT molecular complexity index is 635. The highest BCUT2D eigenvalue weighted by atomic mass is 127. The summed E-state index contributed by atoms with van der Waals surface area (Å²) in [5.41, 5.74) is 6.84. The van der Waals surface area contributed by atoms with Crippen molar-refractivity contribution < 1.29 is 8.42 Å². The summed E-state index contributed by atoms with van der Waals surface area (Å²) in [6.07, 6.45) is 0. The molecular formula is C11H11IN2O2S2. The summed E-state index contributed by atoms with van der Waals surface area (Å²) in [6.45, 7) is 0.343. The zero-order valence-electron chi connectivity index (χ0n) is 9.26. The van der Waals surface area contributed by atoms with Gasteiger partial charge in [-0.3, -0.25) is 4.72 Å². The third-order valence-electron chi connectivity index (χ3n) is 2.23. The van der Waals surface area contributed by atoms with Gasteiger partial charge in [0, 0.05) is 15.8 Å². The van der Waals surface area contributed by atoms with Crippen LogP contribution in [0, 0.1) is 3.57 Å². The highest BCUT2D eigenvalue weighted by Crippen LogP contribution is 2.23. The summed E-state index contributed by atoms with van der Waals surface area (Å²) in [7, 11) is -3.50. The van der Waals surface area contributed by atoms with Crippen molar-refractivity contribution in [1.82, 2.24) is 0 Å². The average Bonchev–Trinajstić information content (AvgIpc) is 2.81. The molecule has 0 radical (unpaired) electrons. The van der Waals surface area contributed by atoms with Crippen LogP contribution < -0.4 is 10.5 Å². The van der Waals surface area contributed by atoms with E-state index >= 15 is 0 Å². The van der Waals surface area contributed by atoms with E-state index in [1.807, 2.05) is 12.1 Å². The van der Waals surface area contributed by atoms with Gasteiger partial charge in [-0.25, -0.2) is 8.42 Å². The Kier molecular flexibility index (Phi) is 4.25. The molecule has 1 aromatic heterocycles. The maximum absolute atomic E-state index is 12.1. The van der Waals surface area contributed by atoms with Gasteiger partial charge in [0.25, 0.3) is 10.0 Å². The predicted octanol–water partition coefficient (Wildman–Crippen LogP) is 2.61. The fraction of sp³-hybridized carbons (Fsp3) is 0.0909. The smallest absolute Gasteiger partial charge is 0.271 e. The van der Waals surface area contributed by atoms with Gasteiger partial charge in [-0.05, 0) is 63.9 Å². The van der Waals surface area contributed by atoms with Crippen LogP contribution in [-0.2, 0) is 16.6 Å². The van der Waals surface area contributed by atoms with Crippen LogP contribution in [0.5, 0.6) is 0 Å². The first kappa shape index (κ1) is 13.8. The van der Waals surface area contributed by atoms with Gasteiger partial charge in [-0.15, -0.1) is 11.3 Å². The summed E-state index contributed by atoms with van der Waals surface area (Å²) in [6, 6.07) is 8.75. The molecule has 0 saturated carbocycles. The van der Waals surface area contributed by atoms with Crippen LogP contribution >= 0.6 is 33.9 Å². The standard InChI is InChI=1S/C11H11IN2O2S2/c12-9-1-3-10(4-2-9)14-18(15,16)11-5-8(6-13)7-17-11/h1-5,7,14H,6,13H2. The van der Waals surface area contributed by atoms with Crippen molar-refractivity contribution in [2.24, 2.45) is 5.73 Å². The Morgan fingerprint density at radius 1 is 1.28 bits per heavy atom. The van der Waals surface area contributed by atoms with Gasteiger partial charge in [-0.1, -0.05) is 0 Å². The van der Waals surface area contributed by atoms with Gasteiger partial charge in [0.15, 0.2) is 0 Å². The van der Waals surface area contributed by atoms with E-state index in [1.54, 1.807) is 23.6 Å². The van der Waals surface area contributed by atoms with Crippen LogP contribution in [0.15, 0.2) is 39.9 Å². The van der Waals surface area contributed by atoms with Crippen LogP contribution in [0.25, 0.3) is 0 Å². The van der Waals surface area contributed by atoms with Gasteiger partial charge in [0.1, 0.15) is 4.21 Å². The molecule has 0 fully saturated rings. The van der Waals surface area contributed by atoms with E-state index < -0.39 is 10.0 Å². The second-order valence-corrected chi connectivity index (χ2v) is 7.66. The monoisotopic (exact) mass is 394 g/mol. The Labute approximate surface area is 123 Å². The van der Waals surface area contributed by atoms with Crippen LogP contribution in [-0.4, -0.2) is 8.42 Å². The second kappa shape index (κ2) is 5.55. The molecule has 2 rings (SSSR count). The average molecular weight is 394 g/mol. The molecule has 7 heteroatoms. The number of rotatable bonds is 4. The highest BCUT2D eigenvalue weighted by molar-refractivity contribution is 14.1. The largest absolute Gasteiger partial charge is 0.326 e. The summed E-state index contributed by atoms with van der Waals surface area (Å²) in [5, 5.41) is 1.75. The first-order valence-corrected chi connectivity index (χ1v) is 8.51. The number of thiophene rings is 1. The molecule has 0 bridgehead atoms. The van der Waals surface area contributed by atoms with E-state index in [1.165, 1.54) is 11.3 Å². The topological polar surface area (TPSA) is 72.2 Å². The molecule has 0 saturated heterocycles. The van der Waals surface area contributed by atoms with E-state index in [-0.39, 0.29) is 4.21 Å². The van der Waals surface area contributed by atoms with Gasteiger partial charge in [-0.2, -0.15) is 0 Å². The number of benzene rings is 1. The molecule has 3 N–H and O–H groups in total. The van der Waals surface area contributed by atoms with Crippen LogP contribution in [0.2, 0.25) is 0 Å². The molecule has 96 valence electrons. The molecule has 0 unspecified atom stereocenters. The molecule has 4 nitrogen and oxygen atoms in total. The van der Waals surface area contributed by atoms with Crippen molar-refractivity contribution in [2.45, 2.75) is 10.8 Å². The lowest BCUT2D eigenvalue weighted by Crippen LogP contribution is -2.11. The SMILES string of the molecule is NCc1csc(S(=O)(=O)Nc2ccc(I)cc2)c1. The molecule has 1 heterocycles. The summed E-state index contributed by atoms with van der Waals surface area (Å²) in [4.78, 5) is 0. The first-order chi connectivity index (χ1) is 8.51. The molecule has 2 aromatic rings. The number of anilines is 1. The Morgan fingerprint density at radius 3 is 2.50 bits per heavy atom. The first-order valence-electron chi connectivity index (χ1n) is 5.07. The number of hydrogen-bond donors (Lipinski definition) is 2. The molecule has 18 heavy (non-hydrogen) atoms. The number of nitrogens with one attached hydrogen (secondary N) is 1. The second-order valence-electron chi connectivity index (χ2n) is 3.59. The summed E-state index contributed by atoms with van der Waals surface area (Å²) < 4.78 is 28.0. The van der Waals surface area contributed by atoms with Crippen molar-refractivity contribution in [1.29, 1.82) is 0 Å². The number of hydrogen-bond acceptors (Lipinski definition) is 4. The Morgan fingerprint density at radius 2 is 1.94 bits per heavy atom. The van der Waals surface area contributed by atoms with E-state index in [0.29, 0.717) is 12.2 Å². The van der Waals surface area contributed by atoms with E-state index in [4.69, 9.17) is 5.73 Å². The quantitative estimate of drug-likeness (QED) is 0.784. The molecule has 0 aliphatic rings. The van der Waals surface area contributed by atoms with E-state index in [2.05, 4.69) is 27.3 Å². The van der Waals surface area contributed by atoms with E-state index in [9.17, 15) is 8.42 Å². The fourth-order valence-corrected chi connectivity index (χ4v) is 3.96. The molecule has 0 aliphatic carbocycles. The van der Waals surface area contributed by atoms with Crippen molar-refractivity contribution >= 4 is 49.6 Å². The molecule has 0 atom stereocenters. The fourth-order valence-electron chi connectivity index (χ4n) is 1.32. The van der Waals surface area contributed by atoms with Gasteiger partial charge in [0.05, 0.1) is 0 Å². The number of halogens is 1. The minimum atomic E-state index is -3.50. The molecule has 0 amide bonds. The van der Waals surface area contributed by atoms with Gasteiger partial charge in [0.2, 0.25) is 0 Å².